The molecule has 1 heterocycles. The van der Waals surface area contributed by atoms with Gasteiger partial charge in [0.2, 0.25) is 0 Å². The van der Waals surface area contributed by atoms with Gasteiger partial charge < -0.3 is 0 Å². The van der Waals surface area contributed by atoms with Gasteiger partial charge in [0, 0.05) is 5.56 Å². The molecular weight excluding hydrogens is 234 g/mol. The zero-order valence-corrected chi connectivity index (χ0v) is 10.4. The Morgan fingerprint density at radius 2 is 1.53 bits per heavy atom. The summed E-state index contributed by atoms with van der Waals surface area (Å²) in [5.41, 5.74) is 3.74. The molecule has 0 atom stereocenters. The Bertz CT molecular complexity index is 684. The average Bonchev–Trinajstić information content (AvgIpc) is 2.98. The second-order valence-electron chi connectivity index (χ2n) is 4.23. The summed E-state index contributed by atoms with van der Waals surface area (Å²) < 4.78 is 1.71. The van der Waals surface area contributed by atoms with Crippen LogP contribution < -0.4 is 0 Å². The number of hydrogen-bond donors (Lipinski definition) is 0. The van der Waals surface area contributed by atoms with Crippen molar-refractivity contribution in [3.05, 3.63) is 79.0 Å². The van der Waals surface area contributed by atoms with Gasteiger partial charge in [-0.25, -0.2) is 4.68 Å². The van der Waals surface area contributed by atoms with Crippen LogP contribution in [-0.2, 0) is 0 Å². The summed E-state index contributed by atoms with van der Waals surface area (Å²) in [4.78, 5) is 0. The summed E-state index contributed by atoms with van der Waals surface area (Å²) in [5, 5.41) is 8.32. The van der Waals surface area contributed by atoms with Gasteiger partial charge in [0.15, 0.2) is 0 Å². The molecule has 0 spiro atoms. The van der Waals surface area contributed by atoms with Crippen molar-refractivity contribution in [3.63, 3.8) is 0 Å². The molecule has 0 saturated carbocycles. The maximum Gasteiger partial charge on any atom is 0.113 e. The third-order valence-electron chi connectivity index (χ3n) is 2.95. The summed E-state index contributed by atoms with van der Waals surface area (Å²) in [6.45, 7) is 4.06. The molecule has 1 aromatic heterocycles. The molecule has 3 heteroatoms. The molecule has 0 amide bonds. The van der Waals surface area contributed by atoms with Crippen LogP contribution in [0.2, 0.25) is 0 Å². The molecule has 0 aliphatic rings. The fourth-order valence-electron chi connectivity index (χ4n) is 1.90. The summed E-state index contributed by atoms with van der Waals surface area (Å²) in [7, 11) is 0. The molecule has 0 N–H and O–H groups in total. The quantitative estimate of drug-likeness (QED) is 0.709. The van der Waals surface area contributed by atoms with Crippen LogP contribution in [0, 0.1) is 0 Å². The van der Waals surface area contributed by atoms with Crippen molar-refractivity contribution >= 4 is 5.70 Å². The number of hydrogen-bond acceptors (Lipinski definition) is 2. The minimum atomic E-state index is 0.815. The molecule has 0 aliphatic carbocycles. The molecule has 0 fully saturated rings. The van der Waals surface area contributed by atoms with Crippen molar-refractivity contribution in [2.24, 2.45) is 0 Å². The van der Waals surface area contributed by atoms with Crippen LogP contribution in [0.1, 0.15) is 5.56 Å². The van der Waals surface area contributed by atoms with Crippen LogP contribution in [0.4, 0.5) is 0 Å². The van der Waals surface area contributed by atoms with Gasteiger partial charge in [0.05, 0.1) is 11.9 Å². The Morgan fingerprint density at radius 1 is 0.895 bits per heavy atom. The highest BCUT2D eigenvalue weighted by Crippen LogP contribution is 2.19. The molecule has 2 aromatic carbocycles. The molecule has 3 rings (SSSR count). The van der Waals surface area contributed by atoms with Crippen molar-refractivity contribution in [2.45, 2.75) is 0 Å². The Kier molecular flexibility index (Phi) is 2.94. The van der Waals surface area contributed by atoms with Crippen molar-refractivity contribution in [2.75, 3.05) is 0 Å². The highest BCUT2D eigenvalue weighted by atomic mass is 15.4. The van der Waals surface area contributed by atoms with Crippen LogP contribution in [0.15, 0.2) is 73.4 Å². The maximum atomic E-state index is 4.19. The van der Waals surface area contributed by atoms with Gasteiger partial charge >= 0.3 is 0 Å². The fourth-order valence-corrected chi connectivity index (χ4v) is 1.90. The SMILES string of the molecule is C=C(c1ccccc1)n1cc(-c2ccccc2)nn1. The van der Waals surface area contributed by atoms with Gasteiger partial charge in [0.1, 0.15) is 5.69 Å². The van der Waals surface area contributed by atoms with E-state index in [-0.39, 0.29) is 0 Å². The third kappa shape index (κ3) is 2.31. The number of benzene rings is 2. The average molecular weight is 247 g/mol. The lowest BCUT2D eigenvalue weighted by Crippen LogP contribution is -1.97. The van der Waals surface area contributed by atoms with Gasteiger partial charge in [-0.3, -0.25) is 0 Å². The number of nitrogens with zero attached hydrogens (tertiary/aromatic N) is 3. The second-order valence-corrected chi connectivity index (χ2v) is 4.23. The molecule has 3 aromatic rings. The molecule has 3 nitrogen and oxygen atoms in total. The fraction of sp³-hybridized carbons (Fsp3) is 0. The van der Waals surface area contributed by atoms with E-state index >= 15 is 0 Å². The Balaban J connectivity index is 1.92. The van der Waals surface area contributed by atoms with Crippen LogP contribution in [0.3, 0.4) is 0 Å². The largest absolute Gasteiger partial charge is 0.220 e. The van der Waals surface area contributed by atoms with Gasteiger partial charge in [-0.15, -0.1) is 5.10 Å². The monoisotopic (exact) mass is 247 g/mol. The maximum absolute atomic E-state index is 4.19. The van der Waals surface area contributed by atoms with E-state index in [1.54, 1.807) is 4.68 Å². The van der Waals surface area contributed by atoms with Crippen molar-refractivity contribution in [3.8, 4) is 11.3 Å². The smallest absolute Gasteiger partial charge is 0.113 e. The topological polar surface area (TPSA) is 30.7 Å². The van der Waals surface area contributed by atoms with Gasteiger partial charge in [-0.05, 0) is 5.56 Å². The Morgan fingerprint density at radius 3 is 2.21 bits per heavy atom. The second kappa shape index (κ2) is 4.90. The standard InChI is InChI=1S/C16H13N3/c1-13(14-8-4-2-5-9-14)19-12-16(17-18-19)15-10-6-3-7-11-15/h2-12H,1H2. The van der Waals surface area contributed by atoms with Gasteiger partial charge in [-0.2, -0.15) is 0 Å². The van der Waals surface area contributed by atoms with E-state index in [9.17, 15) is 0 Å². The van der Waals surface area contributed by atoms with Crippen molar-refractivity contribution in [1.82, 2.24) is 15.0 Å². The zero-order chi connectivity index (χ0) is 13.1. The molecule has 92 valence electrons. The van der Waals surface area contributed by atoms with E-state index in [4.69, 9.17) is 0 Å². The Labute approximate surface area is 111 Å². The molecule has 0 aliphatic heterocycles. The normalized spacial score (nSPS) is 10.3. The third-order valence-corrected chi connectivity index (χ3v) is 2.95. The molecule has 0 radical (unpaired) electrons. The van der Waals surface area contributed by atoms with Crippen molar-refractivity contribution < 1.29 is 0 Å². The van der Waals surface area contributed by atoms with Crippen LogP contribution >= 0.6 is 0 Å². The minimum absolute atomic E-state index is 0.815. The van der Waals surface area contributed by atoms with Crippen molar-refractivity contribution in [1.29, 1.82) is 0 Å². The Hall–Kier alpha value is -2.68. The lowest BCUT2D eigenvalue weighted by Gasteiger charge is -2.03. The first kappa shape index (κ1) is 11.4. The first-order valence-corrected chi connectivity index (χ1v) is 6.07. The van der Waals surface area contributed by atoms with E-state index in [1.807, 2.05) is 66.9 Å². The first-order chi connectivity index (χ1) is 9.34. The predicted molar refractivity (Wildman–Crippen MR) is 76.3 cm³/mol. The van der Waals surface area contributed by atoms with E-state index in [1.165, 1.54) is 0 Å². The summed E-state index contributed by atoms with van der Waals surface area (Å²) in [5.74, 6) is 0. The number of rotatable bonds is 3. The summed E-state index contributed by atoms with van der Waals surface area (Å²) in [6, 6.07) is 19.9. The summed E-state index contributed by atoms with van der Waals surface area (Å²) in [6.07, 6.45) is 1.89. The highest BCUT2D eigenvalue weighted by Gasteiger charge is 2.06. The van der Waals surface area contributed by atoms with Crippen LogP contribution in [-0.4, -0.2) is 15.0 Å². The lowest BCUT2D eigenvalue weighted by atomic mass is 10.1. The van der Waals surface area contributed by atoms with Crippen LogP contribution in [0.5, 0.6) is 0 Å². The van der Waals surface area contributed by atoms with Gasteiger partial charge in [-0.1, -0.05) is 72.5 Å². The predicted octanol–water partition coefficient (Wildman–Crippen LogP) is 3.46. The zero-order valence-electron chi connectivity index (χ0n) is 10.4. The molecule has 0 saturated heterocycles. The highest BCUT2D eigenvalue weighted by molar-refractivity contribution is 5.65. The molecule has 19 heavy (non-hydrogen) atoms. The van der Waals surface area contributed by atoms with Gasteiger partial charge in [0.25, 0.3) is 0 Å². The van der Waals surface area contributed by atoms with E-state index in [2.05, 4.69) is 16.9 Å². The first-order valence-electron chi connectivity index (χ1n) is 6.07. The van der Waals surface area contributed by atoms with Crippen LogP contribution in [0.25, 0.3) is 17.0 Å². The molecule has 0 unspecified atom stereocenters. The van der Waals surface area contributed by atoms with E-state index in [0.717, 1.165) is 22.5 Å². The molecule has 0 bridgehead atoms. The number of aromatic nitrogens is 3. The van der Waals surface area contributed by atoms with E-state index < -0.39 is 0 Å². The summed E-state index contributed by atoms with van der Waals surface area (Å²) >= 11 is 0. The molecular formula is C16H13N3. The van der Waals surface area contributed by atoms with E-state index in [0.29, 0.717) is 0 Å². The lowest BCUT2D eigenvalue weighted by molar-refractivity contribution is 0.823. The minimum Gasteiger partial charge on any atom is -0.220 e.